The Hall–Kier alpha value is -1.13. The third-order valence-corrected chi connectivity index (χ3v) is 2.72. The number of benzene rings is 1. The SMILES string of the molecule is CCC(=CS(N)(=O)=O)c1ccc(C)cc1. The highest BCUT2D eigenvalue weighted by atomic mass is 32.2. The van der Waals surface area contributed by atoms with Crippen LogP contribution in [0.3, 0.4) is 0 Å². The Balaban J connectivity index is 3.14. The molecule has 0 atom stereocenters. The van der Waals surface area contributed by atoms with E-state index in [0.717, 1.165) is 22.1 Å². The third-order valence-electron chi connectivity index (χ3n) is 2.11. The largest absolute Gasteiger partial charge is 0.231 e. The van der Waals surface area contributed by atoms with Gasteiger partial charge in [-0.05, 0) is 24.5 Å². The summed E-state index contributed by atoms with van der Waals surface area (Å²) in [5.74, 6) is 0. The molecular weight excluding hydrogens is 210 g/mol. The van der Waals surface area contributed by atoms with Crippen LogP contribution in [0, 0.1) is 6.92 Å². The molecule has 1 aromatic carbocycles. The summed E-state index contributed by atoms with van der Waals surface area (Å²) >= 11 is 0. The summed E-state index contributed by atoms with van der Waals surface area (Å²) in [5, 5.41) is 6.10. The standard InChI is InChI=1S/C11H15NO2S/c1-3-10(8-15(12,13)14)11-6-4-9(2)5-7-11/h4-8H,3H2,1-2H3,(H2,12,13,14). The fraction of sp³-hybridized carbons (Fsp3) is 0.273. The van der Waals surface area contributed by atoms with Crippen LogP contribution in [0.4, 0.5) is 0 Å². The molecule has 15 heavy (non-hydrogen) atoms. The molecule has 3 nitrogen and oxygen atoms in total. The van der Waals surface area contributed by atoms with E-state index in [-0.39, 0.29) is 0 Å². The van der Waals surface area contributed by atoms with E-state index in [9.17, 15) is 8.42 Å². The van der Waals surface area contributed by atoms with Gasteiger partial charge in [0.05, 0.1) is 0 Å². The zero-order chi connectivity index (χ0) is 11.5. The summed E-state index contributed by atoms with van der Waals surface area (Å²) in [6.07, 6.45) is 0.638. The van der Waals surface area contributed by atoms with Crippen LogP contribution in [0.15, 0.2) is 29.7 Å². The maximum absolute atomic E-state index is 10.9. The molecule has 0 saturated heterocycles. The van der Waals surface area contributed by atoms with E-state index in [2.05, 4.69) is 0 Å². The number of hydrogen-bond donors (Lipinski definition) is 1. The highest BCUT2D eigenvalue weighted by molar-refractivity contribution is 7.92. The predicted molar refractivity (Wildman–Crippen MR) is 62.6 cm³/mol. The van der Waals surface area contributed by atoms with Gasteiger partial charge in [-0.2, -0.15) is 0 Å². The van der Waals surface area contributed by atoms with Crippen LogP contribution in [-0.2, 0) is 10.0 Å². The molecule has 2 N–H and O–H groups in total. The van der Waals surface area contributed by atoms with E-state index < -0.39 is 10.0 Å². The van der Waals surface area contributed by atoms with E-state index in [1.807, 2.05) is 38.1 Å². The van der Waals surface area contributed by atoms with Crippen LogP contribution in [0.25, 0.3) is 5.57 Å². The molecule has 0 amide bonds. The molecule has 0 bridgehead atoms. The minimum Gasteiger partial charge on any atom is -0.225 e. The zero-order valence-electron chi connectivity index (χ0n) is 8.90. The van der Waals surface area contributed by atoms with Gasteiger partial charge in [0.15, 0.2) is 0 Å². The van der Waals surface area contributed by atoms with E-state index in [1.165, 1.54) is 0 Å². The van der Waals surface area contributed by atoms with E-state index in [1.54, 1.807) is 0 Å². The molecule has 0 aliphatic rings. The lowest BCUT2D eigenvalue weighted by atomic mass is 10.0. The molecule has 0 spiro atoms. The van der Waals surface area contributed by atoms with Crippen LogP contribution in [0.1, 0.15) is 24.5 Å². The highest BCUT2D eigenvalue weighted by Gasteiger charge is 2.03. The molecular formula is C11H15NO2S. The number of primary sulfonamides is 1. The topological polar surface area (TPSA) is 60.2 Å². The summed E-state index contributed by atoms with van der Waals surface area (Å²) < 4.78 is 21.9. The Bertz CT molecular complexity index is 458. The van der Waals surface area contributed by atoms with Gasteiger partial charge in [0.1, 0.15) is 0 Å². The van der Waals surface area contributed by atoms with Crippen LogP contribution < -0.4 is 5.14 Å². The highest BCUT2D eigenvalue weighted by Crippen LogP contribution is 2.19. The molecule has 1 aromatic rings. The minimum atomic E-state index is -3.56. The third kappa shape index (κ3) is 3.85. The summed E-state index contributed by atoms with van der Waals surface area (Å²) in [7, 11) is -3.56. The van der Waals surface area contributed by atoms with Gasteiger partial charge in [-0.15, -0.1) is 0 Å². The van der Waals surface area contributed by atoms with Gasteiger partial charge in [-0.1, -0.05) is 36.8 Å². The molecule has 0 aromatic heterocycles. The Kier molecular flexibility index (Phi) is 3.66. The second-order valence-electron chi connectivity index (χ2n) is 3.45. The number of sulfonamides is 1. The maximum Gasteiger partial charge on any atom is 0.231 e. The number of nitrogens with two attached hydrogens (primary N) is 1. The average molecular weight is 225 g/mol. The van der Waals surface area contributed by atoms with Crippen molar-refractivity contribution in [3.05, 3.63) is 40.8 Å². The van der Waals surface area contributed by atoms with Crippen molar-refractivity contribution in [1.29, 1.82) is 0 Å². The Labute approximate surface area is 90.7 Å². The van der Waals surface area contributed by atoms with E-state index in [0.29, 0.717) is 6.42 Å². The number of aryl methyl sites for hydroxylation is 1. The Morgan fingerprint density at radius 3 is 2.27 bits per heavy atom. The van der Waals surface area contributed by atoms with Crippen molar-refractivity contribution < 1.29 is 8.42 Å². The van der Waals surface area contributed by atoms with Crippen LogP contribution >= 0.6 is 0 Å². The predicted octanol–water partition coefficient (Wildman–Crippen LogP) is 2.03. The zero-order valence-corrected chi connectivity index (χ0v) is 9.71. The van der Waals surface area contributed by atoms with Crippen LogP contribution in [0.5, 0.6) is 0 Å². The number of allylic oxidation sites excluding steroid dienone is 1. The second-order valence-corrected chi connectivity index (χ2v) is 4.87. The van der Waals surface area contributed by atoms with Gasteiger partial charge in [0.2, 0.25) is 10.0 Å². The maximum atomic E-state index is 10.9. The van der Waals surface area contributed by atoms with Crippen molar-refractivity contribution in [2.75, 3.05) is 0 Å². The van der Waals surface area contributed by atoms with Gasteiger partial charge in [-0.25, -0.2) is 13.6 Å². The minimum absolute atomic E-state index is 0.638. The smallest absolute Gasteiger partial charge is 0.225 e. The molecule has 0 heterocycles. The van der Waals surface area contributed by atoms with Crippen molar-refractivity contribution in [3.8, 4) is 0 Å². The number of rotatable bonds is 3. The van der Waals surface area contributed by atoms with Crippen molar-refractivity contribution in [2.24, 2.45) is 5.14 Å². The van der Waals surface area contributed by atoms with Crippen molar-refractivity contribution in [3.63, 3.8) is 0 Å². The van der Waals surface area contributed by atoms with Crippen LogP contribution in [-0.4, -0.2) is 8.42 Å². The molecule has 0 fully saturated rings. The fourth-order valence-electron chi connectivity index (χ4n) is 1.32. The van der Waals surface area contributed by atoms with Gasteiger partial charge in [0.25, 0.3) is 0 Å². The van der Waals surface area contributed by atoms with Crippen LogP contribution in [0.2, 0.25) is 0 Å². The molecule has 1 rings (SSSR count). The van der Waals surface area contributed by atoms with E-state index in [4.69, 9.17) is 5.14 Å². The lowest BCUT2D eigenvalue weighted by molar-refractivity contribution is 0.606. The molecule has 0 aliphatic heterocycles. The summed E-state index contributed by atoms with van der Waals surface area (Å²) in [5.41, 5.74) is 2.78. The number of hydrogen-bond acceptors (Lipinski definition) is 2. The first-order valence-electron chi connectivity index (χ1n) is 4.73. The molecule has 0 unspecified atom stereocenters. The van der Waals surface area contributed by atoms with Gasteiger partial charge in [0, 0.05) is 5.41 Å². The average Bonchev–Trinajstić information content (AvgIpc) is 2.14. The molecule has 82 valence electrons. The van der Waals surface area contributed by atoms with Gasteiger partial charge in [-0.3, -0.25) is 0 Å². The Morgan fingerprint density at radius 2 is 1.87 bits per heavy atom. The van der Waals surface area contributed by atoms with E-state index >= 15 is 0 Å². The van der Waals surface area contributed by atoms with Crippen molar-refractivity contribution in [2.45, 2.75) is 20.3 Å². The lowest BCUT2D eigenvalue weighted by Gasteiger charge is -2.04. The van der Waals surface area contributed by atoms with Crippen molar-refractivity contribution >= 4 is 15.6 Å². The first-order valence-corrected chi connectivity index (χ1v) is 6.33. The quantitative estimate of drug-likeness (QED) is 0.855. The second kappa shape index (κ2) is 4.59. The molecule has 0 radical (unpaired) electrons. The normalized spacial score (nSPS) is 12.9. The summed E-state index contributed by atoms with van der Waals surface area (Å²) in [6.45, 7) is 3.88. The van der Waals surface area contributed by atoms with Gasteiger partial charge >= 0.3 is 0 Å². The Morgan fingerprint density at radius 1 is 1.33 bits per heavy atom. The van der Waals surface area contributed by atoms with Crippen molar-refractivity contribution in [1.82, 2.24) is 0 Å². The molecule has 0 saturated carbocycles. The van der Waals surface area contributed by atoms with Gasteiger partial charge < -0.3 is 0 Å². The first-order chi connectivity index (χ1) is 6.92. The summed E-state index contributed by atoms with van der Waals surface area (Å²) in [4.78, 5) is 0. The molecule has 0 aliphatic carbocycles. The fourth-order valence-corrected chi connectivity index (χ4v) is 2.02. The monoisotopic (exact) mass is 225 g/mol. The lowest BCUT2D eigenvalue weighted by Crippen LogP contribution is -2.08. The first kappa shape index (κ1) is 11.9. The molecule has 4 heteroatoms. The summed E-state index contributed by atoms with van der Waals surface area (Å²) in [6, 6.07) is 7.69.